The number of hydrazine groups is 1. The third-order valence-corrected chi connectivity index (χ3v) is 5.93. The lowest BCUT2D eigenvalue weighted by molar-refractivity contribution is -0.284. The minimum Gasteiger partial charge on any atom is -0.383 e. The number of nitrogens with one attached hydrogen (secondary N) is 2. The zero-order valence-corrected chi connectivity index (χ0v) is 18.4. The van der Waals surface area contributed by atoms with Crippen molar-refractivity contribution >= 4 is 46.0 Å². The Bertz CT molecular complexity index is 1380. The Labute approximate surface area is 197 Å². The summed E-state index contributed by atoms with van der Waals surface area (Å²) in [6.45, 7) is 1.26. The SMILES string of the molecule is CC1(C(=O)NN)C(=O)Nc2nc(-n3nc(CCC(F)(F)C(F)(F)F)c4cc(Cl)ccc43)nc(N)c21. The molecule has 1 aliphatic heterocycles. The van der Waals surface area contributed by atoms with E-state index in [1.807, 2.05) is 5.43 Å². The maximum Gasteiger partial charge on any atom is 0.453 e. The van der Waals surface area contributed by atoms with E-state index >= 15 is 0 Å². The Hall–Kier alpha value is -3.59. The molecule has 1 aromatic carbocycles. The lowest BCUT2D eigenvalue weighted by atomic mass is 9.84. The fourth-order valence-electron chi connectivity index (χ4n) is 3.76. The first-order chi connectivity index (χ1) is 16.2. The predicted octanol–water partition coefficient (Wildman–Crippen LogP) is 2.38. The third-order valence-electron chi connectivity index (χ3n) is 5.69. The van der Waals surface area contributed by atoms with Crippen molar-refractivity contribution in [2.24, 2.45) is 5.84 Å². The van der Waals surface area contributed by atoms with Crippen LogP contribution in [0.1, 0.15) is 24.6 Å². The second-order valence-corrected chi connectivity index (χ2v) is 8.34. The van der Waals surface area contributed by atoms with E-state index in [0.29, 0.717) is 0 Å². The van der Waals surface area contributed by atoms with Crippen molar-refractivity contribution in [3.05, 3.63) is 34.5 Å². The Kier molecular flexibility index (Phi) is 5.59. The molecule has 0 spiro atoms. The molecule has 0 bridgehead atoms. The van der Waals surface area contributed by atoms with E-state index in [0.717, 1.165) is 4.68 Å². The molecule has 0 fully saturated rings. The number of benzene rings is 1. The van der Waals surface area contributed by atoms with Crippen molar-refractivity contribution in [2.45, 2.75) is 37.3 Å². The number of aryl methyl sites for hydroxylation is 1. The van der Waals surface area contributed by atoms with Crippen molar-refractivity contribution in [3.63, 3.8) is 0 Å². The minimum absolute atomic E-state index is 0.0428. The molecule has 4 rings (SSSR count). The Balaban J connectivity index is 1.82. The second kappa shape index (κ2) is 7.98. The van der Waals surface area contributed by atoms with Crippen LogP contribution in [0.2, 0.25) is 5.02 Å². The number of nitrogen functional groups attached to an aromatic ring is 1. The molecule has 16 heteroatoms. The van der Waals surface area contributed by atoms with E-state index in [2.05, 4.69) is 20.4 Å². The maximum atomic E-state index is 13.5. The lowest BCUT2D eigenvalue weighted by Crippen LogP contribution is -2.49. The molecule has 1 atom stereocenters. The van der Waals surface area contributed by atoms with Crippen molar-refractivity contribution in [2.75, 3.05) is 11.1 Å². The molecule has 6 N–H and O–H groups in total. The molecule has 3 aromatic rings. The number of hydrogen-bond donors (Lipinski definition) is 4. The highest BCUT2D eigenvalue weighted by molar-refractivity contribution is 6.31. The number of alkyl halides is 5. The largest absolute Gasteiger partial charge is 0.453 e. The van der Waals surface area contributed by atoms with E-state index in [1.54, 1.807) is 0 Å². The number of amides is 2. The summed E-state index contributed by atoms with van der Waals surface area (Å²) in [5, 5.41) is 6.91. The van der Waals surface area contributed by atoms with Crippen molar-refractivity contribution < 1.29 is 31.5 Å². The number of carbonyl (C=O) groups excluding carboxylic acids is 2. The molecule has 3 heterocycles. The number of nitrogens with two attached hydrogens (primary N) is 2. The van der Waals surface area contributed by atoms with E-state index in [1.165, 1.54) is 25.1 Å². The first kappa shape index (κ1) is 24.5. The number of nitrogens with zero attached hydrogens (tertiary/aromatic N) is 4. The van der Waals surface area contributed by atoms with Gasteiger partial charge in [-0.25, -0.2) is 5.84 Å². The monoisotopic (exact) mass is 518 g/mol. The molecule has 0 radical (unpaired) electrons. The lowest BCUT2D eigenvalue weighted by Gasteiger charge is -2.20. The molecule has 0 saturated heterocycles. The molecule has 0 aliphatic carbocycles. The van der Waals surface area contributed by atoms with Crippen molar-refractivity contribution in [3.8, 4) is 5.95 Å². The molecule has 35 heavy (non-hydrogen) atoms. The normalized spacial score (nSPS) is 18.0. The van der Waals surface area contributed by atoms with E-state index in [4.69, 9.17) is 23.2 Å². The van der Waals surface area contributed by atoms with Crippen molar-refractivity contribution in [1.82, 2.24) is 25.2 Å². The zero-order valence-electron chi connectivity index (χ0n) is 17.7. The first-order valence-corrected chi connectivity index (χ1v) is 10.2. The molecule has 10 nitrogen and oxygen atoms in total. The summed E-state index contributed by atoms with van der Waals surface area (Å²) < 4.78 is 66.0. The molecule has 1 aliphatic rings. The smallest absolute Gasteiger partial charge is 0.383 e. The van der Waals surface area contributed by atoms with Gasteiger partial charge in [-0.2, -0.15) is 41.7 Å². The van der Waals surface area contributed by atoms with Gasteiger partial charge in [0, 0.05) is 16.8 Å². The van der Waals surface area contributed by atoms with Gasteiger partial charge in [-0.1, -0.05) is 11.6 Å². The summed E-state index contributed by atoms with van der Waals surface area (Å²) in [5.41, 5.74) is 6.14. The molecular weight excluding hydrogens is 503 g/mol. The van der Waals surface area contributed by atoms with Gasteiger partial charge in [-0.05, 0) is 31.5 Å². The third kappa shape index (κ3) is 3.80. The van der Waals surface area contributed by atoms with E-state index in [-0.39, 0.29) is 44.8 Å². The minimum atomic E-state index is -5.72. The topological polar surface area (TPSA) is 154 Å². The molecule has 0 saturated carbocycles. The van der Waals surface area contributed by atoms with Gasteiger partial charge in [0.25, 0.3) is 11.9 Å². The predicted molar refractivity (Wildman–Crippen MR) is 114 cm³/mol. The molecule has 2 amide bonds. The summed E-state index contributed by atoms with van der Waals surface area (Å²) >= 11 is 5.99. The fraction of sp³-hybridized carbons (Fsp3) is 0.316. The van der Waals surface area contributed by atoms with Gasteiger partial charge in [0.05, 0.1) is 16.8 Å². The Morgan fingerprint density at radius 3 is 2.57 bits per heavy atom. The number of hydrogen-bond acceptors (Lipinski definition) is 7. The quantitative estimate of drug-likeness (QED) is 0.133. The summed E-state index contributed by atoms with van der Waals surface area (Å²) in [5.74, 6) is -2.04. The fourth-order valence-corrected chi connectivity index (χ4v) is 3.93. The molecule has 2 aromatic heterocycles. The van der Waals surface area contributed by atoms with Crippen LogP contribution < -0.4 is 22.3 Å². The van der Waals surface area contributed by atoms with Gasteiger partial charge in [0.15, 0.2) is 5.41 Å². The van der Waals surface area contributed by atoms with Gasteiger partial charge in [0.1, 0.15) is 11.6 Å². The molecule has 186 valence electrons. The zero-order chi connectivity index (χ0) is 25.9. The number of carbonyl (C=O) groups is 2. The van der Waals surface area contributed by atoms with E-state index < -0.39 is 42.2 Å². The van der Waals surface area contributed by atoms with Crippen LogP contribution in [0.15, 0.2) is 18.2 Å². The van der Waals surface area contributed by atoms with Gasteiger partial charge in [-0.15, -0.1) is 0 Å². The van der Waals surface area contributed by atoms with Gasteiger partial charge >= 0.3 is 12.1 Å². The van der Waals surface area contributed by atoms with Crippen LogP contribution in [0.25, 0.3) is 16.9 Å². The molecule has 1 unspecified atom stereocenters. The number of fused-ring (bicyclic) bond motifs is 2. The Morgan fingerprint density at radius 2 is 1.94 bits per heavy atom. The number of anilines is 2. The average Bonchev–Trinajstić information content (AvgIpc) is 3.25. The number of aromatic nitrogens is 4. The van der Waals surface area contributed by atoms with Crippen LogP contribution in [0.4, 0.5) is 33.6 Å². The van der Waals surface area contributed by atoms with Crippen LogP contribution in [0.3, 0.4) is 0 Å². The first-order valence-electron chi connectivity index (χ1n) is 9.83. The number of rotatable bonds is 5. The number of halogens is 6. The highest BCUT2D eigenvalue weighted by atomic mass is 35.5. The highest BCUT2D eigenvalue weighted by Gasteiger charge is 2.56. The maximum absolute atomic E-state index is 13.5. The van der Waals surface area contributed by atoms with Gasteiger partial charge in [-0.3, -0.25) is 15.0 Å². The van der Waals surface area contributed by atoms with Crippen LogP contribution in [0, 0.1) is 0 Å². The van der Waals surface area contributed by atoms with E-state index in [9.17, 15) is 31.5 Å². The molecular formula is C19H16ClF5N8O2. The Morgan fingerprint density at radius 1 is 1.26 bits per heavy atom. The summed E-state index contributed by atoms with van der Waals surface area (Å²) in [7, 11) is 0. The average molecular weight is 519 g/mol. The van der Waals surface area contributed by atoms with Gasteiger partial charge < -0.3 is 11.1 Å². The summed E-state index contributed by atoms with van der Waals surface area (Å²) in [4.78, 5) is 33.1. The standard InChI is InChI=1S/C19H16ClF5N8O2/c1-17(15(35)31-27)11-12(26)28-16(30-13(11)29-14(17)34)33-10-3-2-7(20)6-8(10)9(32-33)4-5-18(21,22)19(23,24)25/h2-3,6H,4-5,27H2,1H3,(H,31,35)(H3,26,28,29,30,34). The van der Waals surface area contributed by atoms with Crippen LogP contribution in [-0.4, -0.2) is 43.7 Å². The summed E-state index contributed by atoms with van der Waals surface area (Å²) in [6.07, 6.45) is -8.02. The van der Waals surface area contributed by atoms with Crippen LogP contribution in [0.5, 0.6) is 0 Å². The van der Waals surface area contributed by atoms with Crippen molar-refractivity contribution in [1.29, 1.82) is 0 Å². The second-order valence-electron chi connectivity index (χ2n) is 7.91. The van der Waals surface area contributed by atoms with Crippen LogP contribution in [-0.2, 0) is 21.4 Å². The van der Waals surface area contributed by atoms with Gasteiger partial charge in [0.2, 0.25) is 5.91 Å². The van der Waals surface area contributed by atoms with Crippen LogP contribution >= 0.6 is 11.6 Å². The summed E-state index contributed by atoms with van der Waals surface area (Å²) in [6, 6.07) is 4.23. The highest BCUT2D eigenvalue weighted by Crippen LogP contribution is 2.41.